The Bertz CT molecular complexity index is 1030. The van der Waals surface area contributed by atoms with E-state index in [9.17, 15) is 18.0 Å². The normalized spacial score (nSPS) is 19.1. The van der Waals surface area contributed by atoms with Gasteiger partial charge in [0, 0.05) is 19.0 Å². The number of amides is 1. The van der Waals surface area contributed by atoms with Crippen LogP contribution in [0.25, 0.3) is 0 Å². The van der Waals surface area contributed by atoms with Crippen LogP contribution in [0.2, 0.25) is 0 Å². The molecule has 0 bridgehead atoms. The van der Waals surface area contributed by atoms with Crippen LogP contribution >= 0.6 is 0 Å². The Morgan fingerprint density at radius 2 is 1.74 bits per heavy atom. The van der Waals surface area contributed by atoms with E-state index < -0.39 is 34.0 Å². The number of anilines is 1. The maximum atomic E-state index is 13.2. The van der Waals surface area contributed by atoms with Gasteiger partial charge >= 0.3 is 5.97 Å². The van der Waals surface area contributed by atoms with Crippen LogP contribution < -0.4 is 10.1 Å². The maximum Gasteiger partial charge on any atom is 0.302 e. The van der Waals surface area contributed by atoms with Crippen molar-refractivity contribution in [3.05, 3.63) is 54.1 Å². The van der Waals surface area contributed by atoms with E-state index in [2.05, 4.69) is 5.32 Å². The molecule has 1 amide bonds. The highest BCUT2D eigenvalue weighted by Crippen LogP contribution is 2.29. The molecule has 3 rings (SSSR count). The quantitative estimate of drug-likeness (QED) is 0.656. The molecular formula is C22H26N2O6S. The van der Waals surface area contributed by atoms with Gasteiger partial charge < -0.3 is 14.8 Å². The first kappa shape index (κ1) is 22.8. The van der Waals surface area contributed by atoms with E-state index in [1.807, 2.05) is 13.8 Å². The lowest BCUT2D eigenvalue weighted by Gasteiger charge is -2.23. The first-order valence-corrected chi connectivity index (χ1v) is 11.4. The van der Waals surface area contributed by atoms with Gasteiger partial charge in [-0.05, 0) is 50.2 Å². The minimum Gasteiger partial charge on any atom is -0.494 e. The van der Waals surface area contributed by atoms with Crippen LogP contribution in [0.4, 0.5) is 5.69 Å². The highest BCUT2D eigenvalue weighted by molar-refractivity contribution is 7.89. The largest absolute Gasteiger partial charge is 0.494 e. The fourth-order valence-electron chi connectivity index (χ4n) is 3.46. The lowest BCUT2D eigenvalue weighted by molar-refractivity contribution is -0.145. The average Bonchev–Trinajstić information content (AvgIpc) is 3.14. The second kappa shape index (κ2) is 9.49. The molecule has 1 fully saturated rings. The molecule has 1 N–H and O–H groups in total. The van der Waals surface area contributed by atoms with E-state index in [1.165, 1.54) is 19.1 Å². The van der Waals surface area contributed by atoms with Crippen LogP contribution in [0.1, 0.15) is 25.8 Å². The summed E-state index contributed by atoms with van der Waals surface area (Å²) in [5, 5.41) is 2.75. The molecule has 1 aliphatic heterocycles. The Kier molecular flexibility index (Phi) is 6.97. The summed E-state index contributed by atoms with van der Waals surface area (Å²) < 4.78 is 38.2. The maximum absolute atomic E-state index is 13.2. The predicted octanol–water partition coefficient (Wildman–Crippen LogP) is 2.73. The fourth-order valence-corrected chi connectivity index (χ4v) is 5.10. The van der Waals surface area contributed by atoms with Crippen molar-refractivity contribution in [3.63, 3.8) is 0 Å². The zero-order valence-electron chi connectivity index (χ0n) is 17.7. The Morgan fingerprint density at radius 3 is 2.32 bits per heavy atom. The Hall–Kier alpha value is -2.91. The molecule has 31 heavy (non-hydrogen) atoms. The van der Waals surface area contributed by atoms with E-state index in [0.29, 0.717) is 18.0 Å². The summed E-state index contributed by atoms with van der Waals surface area (Å²) in [6.07, 6.45) is -0.623. The van der Waals surface area contributed by atoms with Gasteiger partial charge in [-0.25, -0.2) is 8.42 Å². The van der Waals surface area contributed by atoms with E-state index in [0.717, 1.165) is 9.87 Å². The molecule has 0 saturated carbocycles. The van der Waals surface area contributed by atoms with Gasteiger partial charge in [-0.15, -0.1) is 0 Å². The monoisotopic (exact) mass is 446 g/mol. The van der Waals surface area contributed by atoms with E-state index >= 15 is 0 Å². The molecule has 2 aromatic carbocycles. The van der Waals surface area contributed by atoms with Crippen molar-refractivity contribution in [2.24, 2.45) is 0 Å². The van der Waals surface area contributed by atoms with Gasteiger partial charge in [0.2, 0.25) is 15.9 Å². The number of benzene rings is 2. The number of esters is 1. The second-order valence-corrected chi connectivity index (χ2v) is 9.21. The average molecular weight is 447 g/mol. The molecule has 9 heteroatoms. The minimum absolute atomic E-state index is 0.0769. The number of carbonyl (C=O) groups is 2. The van der Waals surface area contributed by atoms with E-state index in [1.54, 1.807) is 36.4 Å². The molecule has 0 radical (unpaired) electrons. The summed E-state index contributed by atoms with van der Waals surface area (Å²) in [4.78, 5) is 24.5. The molecule has 0 spiro atoms. The van der Waals surface area contributed by atoms with Crippen molar-refractivity contribution >= 4 is 27.6 Å². The second-order valence-electron chi connectivity index (χ2n) is 7.32. The zero-order chi connectivity index (χ0) is 22.6. The molecular weight excluding hydrogens is 420 g/mol. The number of nitrogens with zero attached hydrogens (tertiary/aromatic N) is 1. The Morgan fingerprint density at radius 1 is 1.10 bits per heavy atom. The van der Waals surface area contributed by atoms with Crippen LogP contribution in [0.5, 0.6) is 5.75 Å². The summed E-state index contributed by atoms with van der Waals surface area (Å²) in [5.41, 5.74) is 1.43. The van der Waals surface area contributed by atoms with Gasteiger partial charge in [0.15, 0.2) is 0 Å². The van der Waals surface area contributed by atoms with Crippen molar-refractivity contribution in [2.45, 2.75) is 44.2 Å². The molecule has 2 atom stereocenters. The highest BCUT2D eigenvalue weighted by atomic mass is 32.2. The number of aryl methyl sites for hydroxylation is 1. The van der Waals surface area contributed by atoms with Gasteiger partial charge in [-0.3, -0.25) is 9.59 Å². The topological polar surface area (TPSA) is 102 Å². The molecule has 2 aromatic rings. The standard InChI is InChI=1S/C22H26N2O6S/c1-4-29-18-9-7-17(8-10-18)23-22(26)21-13-19(30-16(3)25)14-24(21)31(27,28)20-11-5-15(2)6-12-20/h5-12,19,21H,4,13-14H2,1-3H3,(H,23,26)/t19-,21+/m1/s1. The first-order valence-electron chi connectivity index (χ1n) is 10.00. The van der Waals surface area contributed by atoms with Crippen LogP contribution in [-0.2, 0) is 24.3 Å². The third-order valence-electron chi connectivity index (χ3n) is 4.91. The Balaban J connectivity index is 1.84. The van der Waals surface area contributed by atoms with Gasteiger partial charge in [0.25, 0.3) is 0 Å². The number of nitrogens with one attached hydrogen (secondary N) is 1. The molecule has 166 valence electrons. The molecule has 1 heterocycles. The summed E-state index contributed by atoms with van der Waals surface area (Å²) in [6, 6.07) is 12.2. The summed E-state index contributed by atoms with van der Waals surface area (Å²) in [6.45, 7) is 5.43. The number of rotatable bonds is 7. The summed E-state index contributed by atoms with van der Waals surface area (Å²) >= 11 is 0. The highest BCUT2D eigenvalue weighted by Gasteiger charge is 2.45. The van der Waals surface area contributed by atoms with Crippen LogP contribution in [-0.4, -0.2) is 49.9 Å². The molecule has 8 nitrogen and oxygen atoms in total. The minimum atomic E-state index is -3.96. The van der Waals surface area contributed by atoms with Gasteiger partial charge in [-0.2, -0.15) is 4.31 Å². The molecule has 1 aliphatic rings. The lowest BCUT2D eigenvalue weighted by Crippen LogP contribution is -2.43. The van der Waals surface area contributed by atoms with E-state index in [4.69, 9.17) is 9.47 Å². The zero-order valence-corrected chi connectivity index (χ0v) is 18.5. The number of ether oxygens (including phenoxy) is 2. The summed E-state index contributed by atoms with van der Waals surface area (Å²) in [5.74, 6) is -0.348. The van der Waals surface area contributed by atoms with Crippen LogP contribution in [0, 0.1) is 6.92 Å². The van der Waals surface area contributed by atoms with Crippen molar-refractivity contribution < 1.29 is 27.5 Å². The molecule has 0 aliphatic carbocycles. The third-order valence-corrected chi connectivity index (χ3v) is 6.80. The number of sulfonamides is 1. The van der Waals surface area contributed by atoms with Gasteiger partial charge in [0.05, 0.1) is 18.0 Å². The predicted molar refractivity (Wildman–Crippen MR) is 115 cm³/mol. The summed E-state index contributed by atoms with van der Waals surface area (Å²) in [7, 11) is -3.96. The van der Waals surface area contributed by atoms with Crippen molar-refractivity contribution in [1.82, 2.24) is 4.31 Å². The Labute approximate surface area is 182 Å². The molecule has 0 unspecified atom stereocenters. The van der Waals surface area contributed by atoms with Crippen LogP contribution in [0.15, 0.2) is 53.4 Å². The van der Waals surface area contributed by atoms with Gasteiger partial charge in [-0.1, -0.05) is 17.7 Å². The smallest absolute Gasteiger partial charge is 0.302 e. The van der Waals surface area contributed by atoms with Gasteiger partial charge in [0.1, 0.15) is 17.9 Å². The number of hydrogen-bond donors (Lipinski definition) is 1. The van der Waals surface area contributed by atoms with Crippen molar-refractivity contribution in [1.29, 1.82) is 0 Å². The molecule has 1 saturated heterocycles. The van der Waals surface area contributed by atoms with Crippen molar-refractivity contribution in [3.8, 4) is 5.75 Å². The molecule has 0 aromatic heterocycles. The number of hydrogen-bond acceptors (Lipinski definition) is 6. The third kappa shape index (κ3) is 5.42. The van der Waals surface area contributed by atoms with Crippen molar-refractivity contribution in [2.75, 3.05) is 18.5 Å². The fraction of sp³-hybridized carbons (Fsp3) is 0.364. The SMILES string of the molecule is CCOc1ccc(NC(=O)[C@@H]2C[C@@H](OC(C)=O)CN2S(=O)(=O)c2ccc(C)cc2)cc1. The first-order chi connectivity index (χ1) is 14.7. The number of carbonyl (C=O) groups excluding carboxylic acids is 2. The van der Waals surface area contributed by atoms with E-state index in [-0.39, 0.29) is 17.9 Å². The lowest BCUT2D eigenvalue weighted by atomic mass is 10.2. The van der Waals surface area contributed by atoms with Crippen LogP contribution in [0.3, 0.4) is 0 Å².